The molecular weight excluding hydrogens is 386 g/mol. The van der Waals surface area contributed by atoms with Gasteiger partial charge in [-0.2, -0.15) is 0 Å². The Morgan fingerprint density at radius 3 is 2.19 bits per heavy atom. The predicted octanol–water partition coefficient (Wildman–Crippen LogP) is 5.69. The minimum absolute atomic E-state index is 0.0112. The summed E-state index contributed by atoms with van der Waals surface area (Å²) >= 11 is 0. The second-order valence-electron chi connectivity index (χ2n) is 8.05. The largest absolute Gasteiger partial charge is 0.416 e. The number of hydrogen-bond donors (Lipinski definition) is 0. The van der Waals surface area contributed by atoms with E-state index < -0.39 is 0 Å². The van der Waals surface area contributed by atoms with Gasteiger partial charge >= 0.3 is 0 Å². The average molecular weight is 409 g/mol. The van der Waals surface area contributed by atoms with Crippen molar-refractivity contribution < 1.29 is 9.21 Å². The van der Waals surface area contributed by atoms with Gasteiger partial charge in [0.1, 0.15) is 0 Å². The van der Waals surface area contributed by atoms with Gasteiger partial charge in [-0.25, -0.2) is 0 Å². The van der Waals surface area contributed by atoms with Gasteiger partial charge in [0.05, 0.1) is 0 Å². The minimum atomic E-state index is 0.0112. The Bertz CT molecular complexity index is 1230. The maximum atomic E-state index is 13.3. The molecule has 31 heavy (non-hydrogen) atoms. The first-order chi connectivity index (χ1) is 15.1. The molecule has 0 aliphatic carbocycles. The van der Waals surface area contributed by atoms with Gasteiger partial charge in [-0.15, -0.1) is 10.2 Å². The smallest absolute Gasteiger partial charge is 0.258 e. The summed E-state index contributed by atoms with van der Waals surface area (Å²) < 4.78 is 5.86. The number of aromatic nitrogens is 2. The number of aryl methyl sites for hydroxylation is 2. The van der Waals surface area contributed by atoms with Crippen LogP contribution in [0.5, 0.6) is 0 Å². The molecule has 5 rings (SSSR count). The van der Waals surface area contributed by atoms with Crippen LogP contribution in [0.15, 0.2) is 77.2 Å². The second kappa shape index (κ2) is 7.84. The second-order valence-corrected chi connectivity index (χ2v) is 8.05. The first-order valence-corrected chi connectivity index (χ1v) is 10.5. The maximum absolute atomic E-state index is 13.3. The van der Waals surface area contributed by atoms with Gasteiger partial charge in [-0.05, 0) is 74.7 Å². The summed E-state index contributed by atoms with van der Waals surface area (Å²) in [6.45, 7) is 4.14. The summed E-state index contributed by atoms with van der Waals surface area (Å²) in [5.74, 6) is 0.928. The number of para-hydroxylation sites is 1. The molecule has 0 saturated heterocycles. The van der Waals surface area contributed by atoms with Crippen LogP contribution in [-0.4, -0.2) is 22.1 Å². The Hall–Kier alpha value is -3.73. The van der Waals surface area contributed by atoms with Crippen LogP contribution >= 0.6 is 0 Å². The number of amides is 1. The van der Waals surface area contributed by atoms with Crippen molar-refractivity contribution in [1.82, 2.24) is 10.2 Å². The monoisotopic (exact) mass is 409 g/mol. The van der Waals surface area contributed by atoms with Crippen molar-refractivity contribution in [2.45, 2.75) is 32.7 Å². The molecule has 0 bridgehead atoms. The molecule has 0 fully saturated rings. The molecule has 5 heteroatoms. The van der Waals surface area contributed by atoms with E-state index in [4.69, 9.17) is 4.42 Å². The molecule has 1 aliphatic heterocycles. The van der Waals surface area contributed by atoms with E-state index >= 15 is 0 Å². The van der Waals surface area contributed by atoms with Gasteiger partial charge in [0.25, 0.3) is 5.91 Å². The molecule has 0 N–H and O–H groups in total. The number of benzene rings is 3. The molecule has 1 aromatic heterocycles. The fourth-order valence-corrected chi connectivity index (χ4v) is 4.04. The molecule has 0 spiro atoms. The van der Waals surface area contributed by atoms with E-state index in [1.807, 2.05) is 78.6 Å². The van der Waals surface area contributed by atoms with Crippen LogP contribution in [0.3, 0.4) is 0 Å². The van der Waals surface area contributed by atoms with E-state index in [1.54, 1.807) is 0 Å². The molecule has 0 saturated carbocycles. The standard InChI is InChI=1S/C26H23N3O2/c1-17-7-10-20(11-8-17)24-27-28-25(31-24)21-13-15-22(16-14-21)26(30)29-18(2)9-12-19-5-3-4-6-23(19)29/h3-8,10-11,13-16,18H,9,12H2,1-2H3/t18-/m0/s1. The van der Waals surface area contributed by atoms with E-state index in [9.17, 15) is 4.79 Å². The molecule has 0 radical (unpaired) electrons. The van der Waals surface area contributed by atoms with E-state index in [0.717, 1.165) is 29.7 Å². The highest BCUT2D eigenvalue weighted by atomic mass is 16.4. The van der Waals surface area contributed by atoms with Gasteiger partial charge in [-0.3, -0.25) is 4.79 Å². The molecule has 154 valence electrons. The van der Waals surface area contributed by atoms with Crippen molar-refractivity contribution in [2.24, 2.45) is 0 Å². The van der Waals surface area contributed by atoms with Crippen LogP contribution in [-0.2, 0) is 6.42 Å². The van der Waals surface area contributed by atoms with Crippen LogP contribution in [0.1, 0.15) is 34.8 Å². The number of nitrogens with zero attached hydrogens (tertiary/aromatic N) is 3. The van der Waals surface area contributed by atoms with Gasteiger partial charge in [0, 0.05) is 28.4 Å². The molecule has 2 heterocycles. The molecule has 1 atom stereocenters. The zero-order valence-corrected chi connectivity index (χ0v) is 17.6. The summed E-state index contributed by atoms with van der Waals surface area (Å²) in [6.07, 6.45) is 1.96. The zero-order valence-electron chi connectivity index (χ0n) is 17.6. The molecule has 5 nitrogen and oxygen atoms in total. The third kappa shape index (κ3) is 3.63. The SMILES string of the molecule is Cc1ccc(-c2nnc(-c3ccc(C(=O)N4c5ccccc5CC[C@@H]4C)cc3)o2)cc1. The number of carbonyl (C=O) groups is 1. The number of anilines is 1. The maximum Gasteiger partial charge on any atom is 0.258 e. The Balaban J connectivity index is 1.40. The number of rotatable bonds is 3. The topological polar surface area (TPSA) is 59.2 Å². The molecule has 1 amide bonds. The third-order valence-corrected chi connectivity index (χ3v) is 5.84. The van der Waals surface area contributed by atoms with E-state index in [-0.39, 0.29) is 11.9 Å². The van der Waals surface area contributed by atoms with Gasteiger partial charge < -0.3 is 9.32 Å². The van der Waals surface area contributed by atoms with Crippen LogP contribution < -0.4 is 4.90 Å². The highest BCUT2D eigenvalue weighted by Crippen LogP contribution is 2.32. The van der Waals surface area contributed by atoms with E-state index in [1.165, 1.54) is 11.1 Å². The number of fused-ring (bicyclic) bond motifs is 1. The van der Waals surface area contributed by atoms with Crippen molar-refractivity contribution in [3.05, 3.63) is 89.5 Å². The summed E-state index contributed by atoms with van der Waals surface area (Å²) in [6, 6.07) is 23.7. The van der Waals surface area contributed by atoms with E-state index in [2.05, 4.69) is 23.2 Å². The lowest BCUT2D eigenvalue weighted by Crippen LogP contribution is -2.42. The summed E-state index contributed by atoms with van der Waals surface area (Å²) in [5.41, 5.74) is 5.72. The Morgan fingerprint density at radius 2 is 1.52 bits per heavy atom. The van der Waals surface area contributed by atoms with Crippen LogP contribution in [0.25, 0.3) is 22.9 Å². The fourth-order valence-electron chi connectivity index (χ4n) is 4.04. The lowest BCUT2D eigenvalue weighted by atomic mass is 9.95. The molecule has 4 aromatic rings. The van der Waals surface area contributed by atoms with Crippen molar-refractivity contribution >= 4 is 11.6 Å². The van der Waals surface area contributed by atoms with Crippen LogP contribution in [0.4, 0.5) is 5.69 Å². The average Bonchev–Trinajstić information content (AvgIpc) is 3.29. The van der Waals surface area contributed by atoms with Crippen LogP contribution in [0, 0.1) is 6.92 Å². The molecule has 0 unspecified atom stereocenters. The van der Waals surface area contributed by atoms with Gasteiger partial charge in [0.2, 0.25) is 11.8 Å². The summed E-state index contributed by atoms with van der Waals surface area (Å²) in [4.78, 5) is 15.2. The highest BCUT2D eigenvalue weighted by Gasteiger charge is 2.28. The fraction of sp³-hybridized carbons (Fsp3) is 0.192. The minimum Gasteiger partial charge on any atom is -0.416 e. The van der Waals surface area contributed by atoms with E-state index in [0.29, 0.717) is 17.3 Å². The first-order valence-electron chi connectivity index (χ1n) is 10.5. The quantitative estimate of drug-likeness (QED) is 0.436. The lowest BCUT2D eigenvalue weighted by molar-refractivity contribution is 0.0975. The van der Waals surface area contributed by atoms with Gasteiger partial charge in [0.15, 0.2) is 0 Å². The highest BCUT2D eigenvalue weighted by molar-refractivity contribution is 6.07. The molecular formula is C26H23N3O2. The first kappa shape index (κ1) is 19.2. The number of hydrogen-bond acceptors (Lipinski definition) is 4. The third-order valence-electron chi connectivity index (χ3n) is 5.84. The Morgan fingerprint density at radius 1 is 0.903 bits per heavy atom. The zero-order chi connectivity index (χ0) is 21.4. The number of carbonyl (C=O) groups excluding carboxylic acids is 1. The normalized spacial score (nSPS) is 15.5. The van der Waals surface area contributed by atoms with Crippen molar-refractivity contribution in [3.8, 4) is 22.9 Å². The van der Waals surface area contributed by atoms with Crippen molar-refractivity contribution in [2.75, 3.05) is 4.90 Å². The van der Waals surface area contributed by atoms with Crippen LogP contribution in [0.2, 0.25) is 0 Å². The molecule has 3 aromatic carbocycles. The summed E-state index contributed by atoms with van der Waals surface area (Å²) in [7, 11) is 0. The summed E-state index contributed by atoms with van der Waals surface area (Å²) in [5, 5.41) is 8.35. The predicted molar refractivity (Wildman–Crippen MR) is 121 cm³/mol. The van der Waals surface area contributed by atoms with Crippen molar-refractivity contribution in [3.63, 3.8) is 0 Å². The van der Waals surface area contributed by atoms with Crippen molar-refractivity contribution in [1.29, 1.82) is 0 Å². The Labute approximate surface area is 181 Å². The lowest BCUT2D eigenvalue weighted by Gasteiger charge is -2.35. The Kier molecular flexibility index (Phi) is 4.86. The molecule has 1 aliphatic rings. The van der Waals surface area contributed by atoms with Gasteiger partial charge in [-0.1, -0.05) is 35.9 Å².